The molecule has 1 aliphatic rings. The minimum Gasteiger partial charge on any atom is -0.360 e. The van der Waals surface area contributed by atoms with Crippen molar-refractivity contribution < 1.29 is 9.32 Å². The van der Waals surface area contributed by atoms with E-state index < -0.39 is 0 Å². The molecule has 1 aliphatic carbocycles. The molecule has 4 rings (SSSR count). The zero-order chi connectivity index (χ0) is 16.4. The van der Waals surface area contributed by atoms with Crippen LogP contribution in [0.25, 0.3) is 0 Å². The summed E-state index contributed by atoms with van der Waals surface area (Å²) in [4.78, 5) is 17.0. The average Bonchev–Trinajstić information content (AvgIpc) is 3.38. The molecule has 1 fully saturated rings. The molecular formula is C19H17N3O2. The van der Waals surface area contributed by atoms with Gasteiger partial charge in [-0.15, -0.1) is 0 Å². The first-order valence-corrected chi connectivity index (χ1v) is 8.04. The number of pyridine rings is 1. The van der Waals surface area contributed by atoms with Crippen molar-refractivity contribution in [1.82, 2.24) is 15.5 Å². The Labute approximate surface area is 139 Å². The van der Waals surface area contributed by atoms with Crippen molar-refractivity contribution in [3.8, 4) is 0 Å². The van der Waals surface area contributed by atoms with Crippen LogP contribution in [-0.4, -0.2) is 16.0 Å². The molecule has 2 heterocycles. The van der Waals surface area contributed by atoms with Gasteiger partial charge in [-0.05, 0) is 30.5 Å². The van der Waals surface area contributed by atoms with Gasteiger partial charge in [0.25, 0.3) is 5.91 Å². The zero-order valence-corrected chi connectivity index (χ0v) is 13.1. The Morgan fingerprint density at radius 2 is 1.92 bits per heavy atom. The first-order valence-electron chi connectivity index (χ1n) is 8.04. The van der Waals surface area contributed by atoms with Crippen LogP contribution in [0.5, 0.6) is 0 Å². The van der Waals surface area contributed by atoms with Gasteiger partial charge >= 0.3 is 0 Å². The third-order valence-corrected chi connectivity index (χ3v) is 4.13. The molecule has 5 heteroatoms. The summed E-state index contributed by atoms with van der Waals surface area (Å²) in [5.74, 6) is 0.971. The van der Waals surface area contributed by atoms with E-state index in [-0.39, 0.29) is 11.9 Å². The largest absolute Gasteiger partial charge is 0.360 e. The highest BCUT2D eigenvalue weighted by Gasteiger charge is 2.29. The van der Waals surface area contributed by atoms with E-state index >= 15 is 0 Å². The van der Waals surface area contributed by atoms with Crippen LogP contribution >= 0.6 is 0 Å². The van der Waals surface area contributed by atoms with Gasteiger partial charge in [-0.25, -0.2) is 0 Å². The molecule has 0 bridgehead atoms. The summed E-state index contributed by atoms with van der Waals surface area (Å²) in [7, 11) is 0. The molecule has 0 spiro atoms. The number of amides is 1. The Morgan fingerprint density at radius 3 is 2.62 bits per heavy atom. The smallest absolute Gasteiger partial charge is 0.274 e. The van der Waals surface area contributed by atoms with Gasteiger partial charge in [0.1, 0.15) is 5.76 Å². The lowest BCUT2D eigenvalue weighted by molar-refractivity contribution is 0.0933. The van der Waals surface area contributed by atoms with Crippen LogP contribution in [0, 0.1) is 0 Å². The summed E-state index contributed by atoms with van der Waals surface area (Å²) in [6.45, 7) is 0. The van der Waals surface area contributed by atoms with E-state index in [1.807, 2.05) is 48.5 Å². The molecule has 1 N–H and O–H groups in total. The lowest BCUT2D eigenvalue weighted by atomic mass is 10.0. The average molecular weight is 319 g/mol. The van der Waals surface area contributed by atoms with Gasteiger partial charge in [0.15, 0.2) is 5.69 Å². The molecule has 1 unspecified atom stereocenters. The quantitative estimate of drug-likeness (QED) is 0.782. The van der Waals surface area contributed by atoms with Crippen LogP contribution in [0.3, 0.4) is 0 Å². The monoisotopic (exact) mass is 319 g/mol. The minimum absolute atomic E-state index is 0.259. The van der Waals surface area contributed by atoms with Crippen LogP contribution in [-0.2, 0) is 0 Å². The summed E-state index contributed by atoms with van der Waals surface area (Å²) in [5.41, 5.74) is 2.06. The predicted octanol–water partition coefficient (Wildman–Crippen LogP) is 3.47. The number of hydrogen-bond donors (Lipinski definition) is 1. The standard InChI is InChI=1S/C19H17N3O2/c23-19(16-12-17(24-22-16)13-9-10-13)21-18(14-6-2-1-3-7-14)15-8-4-5-11-20-15/h1-8,11-13,18H,9-10H2,(H,21,23). The van der Waals surface area contributed by atoms with Gasteiger partial charge in [0.05, 0.1) is 11.7 Å². The van der Waals surface area contributed by atoms with E-state index in [4.69, 9.17) is 4.52 Å². The molecule has 5 nitrogen and oxygen atoms in total. The van der Waals surface area contributed by atoms with Crippen molar-refractivity contribution in [2.24, 2.45) is 0 Å². The summed E-state index contributed by atoms with van der Waals surface area (Å²) in [6, 6.07) is 16.8. The maximum Gasteiger partial charge on any atom is 0.274 e. The first-order chi connectivity index (χ1) is 11.8. The minimum atomic E-state index is -0.332. The normalized spacial score (nSPS) is 15.0. The van der Waals surface area contributed by atoms with Crippen LogP contribution in [0.15, 0.2) is 65.3 Å². The number of nitrogens with one attached hydrogen (secondary N) is 1. The Morgan fingerprint density at radius 1 is 1.12 bits per heavy atom. The molecule has 1 aromatic carbocycles. The van der Waals surface area contributed by atoms with Crippen molar-refractivity contribution in [3.05, 3.63) is 83.5 Å². The number of nitrogens with zero attached hydrogens (tertiary/aromatic N) is 2. The van der Waals surface area contributed by atoms with Crippen molar-refractivity contribution in [3.63, 3.8) is 0 Å². The number of aromatic nitrogens is 2. The summed E-state index contributed by atoms with van der Waals surface area (Å²) in [6.07, 6.45) is 3.94. The lowest BCUT2D eigenvalue weighted by Crippen LogP contribution is -2.30. The maximum absolute atomic E-state index is 12.6. The molecule has 1 atom stereocenters. The second-order valence-corrected chi connectivity index (χ2v) is 5.96. The molecule has 120 valence electrons. The van der Waals surface area contributed by atoms with Crippen LogP contribution in [0.2, 0.25) is 0 Å². The highest BCUT2D eigenvalue weighted by atomic mass is 16.5. The van der Waals surface area contributed by atoms with Gasteiger partial charge in [-0.2, -0.15) is 0 Å². The van der Waals surface area contributed by atoms with Crippen molar-refractivity contribution in [2.45, 2.75) is 24.8 Å². The van der Waals surface area contributed by atoms with E-state index in [2.05, 4.69) is 15.5 Å². The molecular weight excluding hydrogens is 302 g/mol. The predicted molar refractivity (Wildman–Crippen MR) is 88.5 cm³/mol. The van der Waals surface area contributed by atoms with Crippen molar-refractivity contribution in [1.29, 1.82) is 0 Å². The Bertz CT molecular complexity index is 787. The van der Waals surface area contributed by atoms with E-state index in [0.717, 1.165) is 29.9 Å². The van der Waals surface area contributed by atoms with Gasteiger partial charge < -0.3 is 9.84 Å². The van der Waals surface area contributed by atoms with Crippen LogP contribution in [0.4, 0.5) is 0 Å². The second-order valence-electron chi connectivity index (χ2n) is 5.96. The number of carbonyl (C=O) groups is 1. The highest BCUT2D eigenvalue weighted by Crippen LogP contribution is 2.40. The van der Waals surface area contributed by atoms with E-state index in [1.165, 1.54) is 0 Å². The molecule has 1 amide bonds. The number of carbonyl (C=O) groups excluding carboxylic acids is 1. The SMILES string of the molecule is O=C(NC(c1ccccc1)c1ccccn1)c1cc(C2CC2)on1. The lowest BCUT2D eigenvalue weighted by Gasteiger charge is -2.18. The fourth-order valence-electron chi connectivity index (χ4n) is 2.68. The van der Waals surface area contributed by atoms with Gasteiger partial charge in [0.2, 0.25) is 0 Å². The molecule has 3 aromatic rings. The molecule has 0 saturated heterocycles. The summed E-state index contributed by atoms with van der Waals surface area (Å²) < 4.78 is 5.28. The molecule has 24 heavy (non-hydrogen) atoms. The Balaban J connectivity index is 1.60. The third kappa shape index (κ3) is 3.06. The van der Waals surface area contributed by atoms with Crippen LogP contribution in [0.1, 0.15) is 52.3 Å². The van der Waals surface area contributed by atoms with Gasteiger partial charge in [0, 0.05) is 18.2 Å². The molecule has 1 saturated carbocycles. The molecule has 0 radical (unpaired) electrons. The van der Waals surface area contributed by atoms with E-state index in [9.17, 15) is 4.79 Å². The van der Waals surface area contributed by atoms with E-state index in [0.29, 0.717) is 11.6 Å². The first kappa shape index (κ1) is 14.6. The number of rotatable bonds is 5. The second kappa shape index (κ2) is 6.28. The van der Waals surface area contributed by atoms with Crippen molar-refractivity contribution in [2.75, 3.05) is 0 Å². The highest BCUT2D eigenvalue weighted by molar-refractivity contribution is 5.92. The summed E-state index contributed by atoms with van der Waals surface area (Å²) >= 11 is 0. The van der Waals surface area contributed by atoms with Gasteiger partial charge in [-0.3, -0.25) is 9.78 Å². The van der Waals surface area contributed by atoms with E-state index in [1.54, 1.807) is 12.3 Å². The molecule has 2 aromatic heterocycles. The van der Waals surface area contributed by atoms with Gasteiger partial charge in [-0.1, -0.05) is 41.6 Å². The topological polar surface area (TPSA) is 68.0 Å². The van der Waals surface area contributed by atoms with Crippen LogP contribution < -0.4 is 5.32 Å². The van der Waals surface area contributed by atoms with Crippen molar-refractivity contribution >= 4 is 5.91 Å². The summed E-state index contributed by atoms with van der Waals surface area (Å²) in [5, 5.41) is 6.92. The maximum atomic E-state index is 12.6. The molecule has 0 aliphatic heterocycles. The third-order valence-electron chi connectivity index (χ3n) is 4.13. The fraction of sp³-hybridized carbons (Fsp3) is 0.211. The fourth-order valence-corrected chi connectivity index (χ4v) is 2.68. The number of hydrogen-bond acceptors (Lipinski definition) is 4. The zero-order valence-electron chi connectivity index (χ0n) is 13.1. The Hall–Kier alpha value is -2.95. The number of benzene rings is 1. The Kier molecular flexibility index (Phi) is 3.83.